The summed E-state index contributed by atoms with van der Waals surface area (Å²) in [6.07, 6.45) is 11.8. The molecule has 1 fully saturated rings. The van der Waals surface area contributed by atoms with Gasteiger partial charge >= 0.3 is 0 Å². The van der Waals surface area contributed by atoms with Gasteiger partial charge in [0.15, 0.2) is 0 Å². The number of carbonyl (C=O) groups excluding carboxylic acids is 1. The van der Waals surface area contributed by atoms with Gasteiger partial charge in [-0.1, -0.05) is 12.2 Å². The largest absolute Gasteiger partial charge is 0.354 e. The van der Waals surface area contributed by atoms with Crippen LogP contribution in [0.15, 0.2) is 17.1 Å². The summed E-state index contributed by atoms with van der Waals surface area (Å²) >= 11 is 0. The highest BCUT2D eigenvalue weighted by Crippen LogP contribution is 2.17. The zero-order chi connectivity index (χ0) is 10.5. The van der Waals surface area contributed by atoms with Crippen molar-refractivity contribution in [3.05, 3.63) is 12.2 Å². The van der Waals surface area contributed by atoms with Gasteiger partial charge in [0.2, 0.25) is 5.91 Å². The molecule has 1 aliphatic heterocycles. The summed E-state index contributed by atoms with van der Waals surface area (Å²) in [6, 6.07) is -0.121. The Balaban J connectivity index is 1.86. The Morgan fingerprint density at radius 3 is 3.07 bits per heavy atom. The molecule has 3 nitrogen and oxygen atoms in total. The van der Waals surface area contributed by atoms with Crippen molar-refractivity contribution >= 4 is 12.1 Å². The molecule has 0 unspecified atom stereocenters. The summed E-state index contributed by atoms with van der Waals surface area (Å²) in [7, 11) is 0. The lowest BCUT2D eigenvalue weighted by Crippen LogP contribution is -2.39. The fourth-order valence-corrected chi connectivity index (χ4v) is 2.08. The second-order valence-electron chi connectivity index (χ2n) is 4.29. The van der Waals surface area contributed by atoms with E-state index in [1.165, 1.54) is 6.42 Å². The van der Waals surface area contributed by atoms with Gasteiger partial charge in [0.25, 0.3) is 0 Å². The molecule has 1 aliphatic carbocycles. The van der Waals surface area contributed by atoms with E-state index >= 15 is 0 Å². The lowest BCUT2D eigenvalue weighted by atomic mass is 9.95. The molecule has 0 aromatic heterocycles. The molecule has 1 heterocycles. The molecular weight excluding hydrogens is 188 g/mol. The first-order valence-electron chi connectivity index (χ1n) is 5.82. The molecule has 0 aromatic carbocycles. The molecule has 3 heteroatoms. The highest BCUT2D eigenvalue weighted by Gasteiger charge is 2.20. The molecule has 1 amide bonds. The molecule has 1 saturated heterocycles. The zero-order valence-electron chi connectivity index (χ0n) is 8.98. The van der Waals surface area contributed by atoms with Crippen LogP contribution in [0.3, 0.4) is 0 Å². The van der Waals surface area contributed by atoms with Gasteiger partial charge in [-0.25, -0.2) is 0 Å². The van der Waals surface area contributed by atoms with E-state index in [-0.39, 0.29) is 11.9 Å². The van der Waals surface area contributed by atoms with E-state index in [1.54, 1.807) is 0 Å². The predicted molar refractivity (Wildman–Crippen MR) is 61.0 cm³/mol. The molecule has 0 saturated carbocycles. The Kier molecular flexibility index (Phi) is 3.54. The minimum Gasteiger partial charge on any atom is -0.354 e. The fraction of sp³-hybridized carbons (Fsp3) is 0.667. The van der Waals surface area contributed by atoms with Crippen LogP contribution in [0.2, 0.25) is 0 Å². The third kappa shape index (κ3) is 2.91. The molecule has 15 heavy (non-hydrogen) atoms. The topological polar surface area (TPSA) is 41.5 Å². The smallest absolute Gasteiger partial charge is 0.244 e. The molecule has 1 N–H and O–H groups in total. The van der Waals surface area contributed by atoms with Crippen LogP contribution in [0.5, 0.6) is 0 Å². The zero-order valence-corrected chi connectivity index (χ0v) is 8.98. The monoisotopic (exact) mass is 206 g/mol. The van der Waals surface area contributed by atoms with E-state index in [1.807, 2.05) is 6.21 Å². The van der Waals surface area contributed by atoms with Gasteiger partial charge in [-0.05, 0) is 38.0 Å². The minimum atomic E-state index is -0.121. The molecule has 2 atom stereocenters. The maximum Gasteiger partial charge on any atom is 0.244 e. The van der Waals surface area contributed by atoms with Crippen molar-refractivity contribution in [3.8, 4) is 0 Å². The third-order valence-corrected chi connectivity index (χ3v) is 3.04. The fourth-order valence-electron chi connectivity index (χ4n) is 2.08. The molecule has 0 spiro atoms. The van der Waals surface area contributed by atoms with E-state index in [9.17, 15) is 4.79 Å². The number of piperidine rings is 1. The first-order chi connectivity index (χ1) is 7.36. The Bertz CT molecular complexity index is 283. The van der Waals surface area contributed by atoms with Crippen molar-refractivity contribution in [2.75, 3.05) is 6.54 Å². The summed E-state index contributed by atoms with van der Waals surface area (Å²) in [5.41, 5.74) is 0. The molecule has 82 valence electrons. The van der Waals surface area contributed by atoms with E-state index in [0.29, 0.717) is 5.92 Å². The average molecular weight is 206 g/mol. The summed E-state index contributed by atoms with van der Waals surface area (Å²) in [4.78, 5) is 15.8. The Labute approximate surface area is 90.7 Å². The number of nitrogens with zero attached hydrogens (tertiary/aromatic N) is 1. The molecule has 0 bridgehead atoms. The van der Waals surface area contributed by atoms with Crippen molar-refractivity contribution in [1.82, 2.24) is 5.32 Å². The molecular formula is C12H18N2O. The maximum atomic E-state index is 11.4. The first-order valence-corrected chi connectivity index (χ1v) is 5.82. The van der Waals surface area contributed by atoms with Crippen molar-refractivity contribution in [2.24, 2.45) is 10.9 Å². The number of hydrogen-bond donors (Lipinski definition) is 1. The van der Waals surface area contributed by atoms with Crippen molar-refractivity contribution < 1.29 is 4.79 Å². The van der Waals surface area contributed by atoms with Crippen LogP contribution < -0.4 is 5.32 Å². The van der Waals surface area contributed by atoms with Gasteiger partial charge in [-0.3, -0.25) is 9.79 Å². The summed E-state index contributed by atoms with van der Waals surface area (Å²) in [6.45, 7) is 0.816. The summed E-state index contributed by atoms with van der Waals surface area (Å²) in [5, 5.41) is 2.85. The average Bonchev–Trinajstić information content (AvgIpc) is 2.29. The number of nitrogens with one attached hydrogen (secondary N) is 1. The normalized spacial score (nSPS) is 31.9. The van der Waals surface area contributed by atoms with Gasteiger partial charge < -0.3 is 5.32 Å². The number of carbonyl (C=O) groups is 1. The van der Waals surface area contributed by atoms with Crippen LogP contribution in [0.4, 0.5) is 0 Å². The van der Waals surface area contributed by atoms with Crippen molar-refractivity contribution in [2.45, 2.75) is 38.1 Å². The van der Waals surface area contributed by atoms with Crippen LogP contribution in [0.1, 0.15) is 32.1 Å². The predicted octanol–water partition coefficient (Wildman–Crippen LogP) is 1.69. The summed E-state index contributed by atoms with van der Waals surface area (Å²) < 4.78 is 0. The molecule has 2 rings (SSSR count). The number of hydrogen-bond acceptors (Lipinski definition) is 2. The standard InChI is InChI=1S/C12H18N2O/c15-12-11(7-4-8-13-12)14-9-10-5-2-1-3-6-10/h1-2,9-11H,3-8H2,(H,13,15)/t10-,11-/m1/s1. The molecule has 0 aromatic rings. The van der Waals surface area contributed by atoms with E-state index < -0.39 is 0 Å². The van der Waals surface area contributed by atoms with Gasteiger partial charge in [0.1, 0.15) is 6.04 Å². The lowest BCUT2D eigenvalue weighted by molar-refractivity contribution is -0.123. The second kappa shape index (κ2) is 5.10. The highest BCUT2D eigenvalue weighted by atomic mass is 16.2. The van der Waals surface area contributed by atoms with Crippen LogP contribution in [-0.2, 0) is 4.79 Å². The van der Waals surface area contributed by atoms with Crippen LogP contribution in [0.25, 0.3) is 0 Å². The van der Waals surface area contributed by atoms with Crippen LogP contribution in [-0.4, -0.2) is 24.7 Å². The van der Waals surface area contributed by atoms with Crippen molar-refractivity contribution in [3.63, 3.8) is 0 Å². The van der Waals surface area contributed by atoms with E-state index in [0.717, 1.165) is 32.2 Å². The minimum absolute atomic E-state index is 0.101. The summed E-state index contributed by atoms with van der Waals surface area (Å²) in [5.74, 6) is 0.647. The molecule has 2 aliphatic rings. The van der Waals surface area contributed by atoms with Crippen molar-refractivity contribution in [1.29, 1.82) is 0 Å². The maximum absolute atomic E-state index is 11.4. The third-order valence-electron chi connectivity index (χ3n) is 3.04. The van der Waals surface area contributed by atoms with Gasteiger partial charge in [0, 0.05) is 12.8 Å². The number of rotatable bonds is 2. The number of allylic oxidation sites excluding steroid dienone is 2. The highest BCUT2D eigenvalue weighted by molar-refractivity contribution is 5.84. The quantitative estimate of drug-likeness (QED) is 0.542. The van der Waals surface area contributed by atoms with Crippen LogP contribution in [0, 0.1) is 5.92 Å². The first kappa shape index (κ1) is 10.4. The SMILES string of the molecule is O=C1NCCC[C@H]1N=C[C@@H]1CC=CCC1. The second-order valence-corrected chi connectivity index (χ2v) is 4.29. The number of aliphatic imine (C=N–C) groups is 1. The van der Waals surface area contributed by atoms with Gasteiger partial charge in [-0.2, -0.15) is 0 Å². The Morgan fingerprint density at radius 1 is 1.40 bits per heavy atom. The van der Waals surface area contributed by atoms with E-state index in [4.69, 9.17) is 0 Å². The Morgan fingerprint density at radius 2 is 2.33 bits per heavy atom. The Hall–Kier alpha value is -1.12. The lowest BCUT2D eigenvalue weighted by Gasteiger charge is -2.19. The molecule has 0 radical (unpaired) electrons. The van der Waals surface area contributed by atoms with E-state index in [2.05, 4.69) is 22.5 Å². The number of amides is 1. The van der Waals surface area contributed by atoms with Gasteiger partial charge in [0.05, 0.1) is 0 Å². The van der Waals surface area contributed by atoms with Gasteiger partial charge in [-0.15, -0.1) is 0 Å². The van der Waals surface area contributed by atoms with Crippen LogP contribution >= 0.6 is 0 Å².